The lowest BCUT2D eigenvalue weighted by molar-refractivity contribution is 0.298. The van der Waals surface area contributed by atoms with E-state index in [-0.39, 0.29) is 0 Å². The molecule has 0 saturated heterocycles. The van der Waals surface area contributed by atoms with Gasteiger partial charge in [0, 0.05) is 0 Å². The maximum absolute atomic E-state index is 13.8. The first-order chi connectivity index (χ1) is 15.4. The lowest BCUT2D eigenvalue weighted by Gasteiger charge is -2.20. The van der Waals surface area contributed by atoms with Gasteiger partial charge in [-0.3, -0.25) is 0 Å². The number of hydrogen-bond acceptors (Lipinski definition) is 4. The average Bonchev–Trinajstić information content (AvgIpc) is 2.74. The molecule has 0 N–H and O–H groups in total. The number of benzene rings is 4. The Balaban J connectivity index is 1.66. The lowest BCUT2D eigenvalue weighted by Crippen LogP contribution is -2.08. The highest BCUT2D eigenvalue weighted by molar-refractivity contribution is 7.49. The first kappa shape index (κ1) is 22.0. The van der Waals surface area contributed by atoms with E-state index in [0.29, 0.717) is 17.2 Å². The molecule has 4 aromatic carbocycles. The Bertz CT molecular complexity index is 1240. The number of rotatable bonds is 8. The summed E-state index contributed by atoms with van der Waals surface area (Å²) in [6.45, 7) is 6.05. The van der Waals surface area contributed by atoms with E-state index >= 15 is 0 Å². The maximum atomic E-state index is 13.8. The molecule has 164 valence electrons. The van der Waals surface area contributed by atoms with Gasteiger partial charge in [0.2, 0.25) is 0 Å². The quantitative estimate of drug-likeness (QED) is 0.257. The molecular formula is C27H27O4P. The van der Waals surface area contributed by atoms with Crippen LogP contribution in [0.25, 0.3) is 10.8 Å². The molecule has 5 heteroatoms. The molecule has 4 rings (SSSR count). The average molecular weight is 446 g/mol. The van der Waals surface area contributed by atoms with Gasteiger partial charge in [0.15, 0.2) is 0 Å². The Morgan fingerprint density at radius 3 is 1.94 bits per heavy atom. The molecule has 0 bridgehead atoms. The zero-order valence-electron chi connectivity index (χ0n) is 18.6. The Labute approximate surface area is 189 Å². The molecule has 0 aromatic heterocycles. The molecule has 1 unspecified atom stereocenters. The number of fused-ring (bicyclic) bond motifs is 1. The van der Waals surface area contributed by atoms with Crippen molar-refractivity contribution in [2.45, 2.75) is 33.6 Å². The van der Waals surface area contributed by atoms with Crippen LogP contribution >= 0.6 is 7.82 Å². The second-order valence-electron chi connectivity index (χ2n) is 7.95. The van der Waals surface area contributed by atoms with Crippen molar-refractivity contribution < 1.29 is 18.1 Å². The predicted molar refractivity (Wildman–Crippen MR) is 130 cm³/mol. The van der Waals surface area contributed by atoms with Crippen molar-refractivity contribution in [3.05, 3.63) is 102 Å². The summed E-state index contributed by atoms with van der Waals surface area (Å²) >= 11 is 0. The molecule has 0 aliphatic heterocycles. The SMILES string of the molecule is CCCc1ccc(OP(=O)(Oc2cc(C)cc(C)c2)Oc2ccc3ccccc3c2)cc1. The number of phosphoric ester groups is 1. The fraction of sp³-hybridized carbons (Fsp3) is 0.185. The van der Waals surface area contributed by atoms with Crippen LogP contribution in [-0.2, 0) is 11.0 Å². The maximum Gasteiger partial charge on any atom is 0.647 e. The van der Waals surface area contributed by atoms with Crippen molar-refractivity contribution in [1.29, 1.82) is 0 Å². The smallest absolute Gasteiger partial charge is 0.386 e. The van der Waals surface area contributed by atoms with E-state index in [2.05, 4.69) is 6.92 Å². The Kier molecular flexibility index (Phi) is 6.53. The second-order valence-corrected chi connectivity index (χ2v) is 9.39. The first-order valence-electron chi connectivity index (χ1n) is 10.8. The zero-order chi connectivity index (χ0) is 22.6. The van der Waals surface area contributed by atoms with E-state index < -0.39 is 7.82 Å². The molecule has 0 aliphatic carbocycles. The van der Waals surface area contributed by atoms with Crippen molar-refractivity contribution in [1.82, 2.24) is 0 Å². The molecule has 0 heterocycles. The molecule has 4 nitrogen and oxygen atoms in total. The molecule has 32 heavy (non-hydrogen) atoms. The van der Waals surface area contributed by atoms with E-state index in [0.717, 1.165) is 34.7 Å². The van der Waals surface area contributed by atoms with Gasteiger partial charge in [0.1, 0.15) is 17.2 Å². The summed E-state index contributed by atoms with van der Waals surface area (Å²) in [5, 5.41) is 2.05. The van der Waals surface area contributed by atoms with Crippen LogP contribution < -0.4 is 13.6 Å². The Hall–Kier alpha value is -3.23. The van der Waals surface area contributed by atoms with E-state index in [1.807, 2.05) is 80.6 Å². The molecule has 0 fully saturated rings. The monoisotopic (exact) mass is 446 g/mol. The summed E-state index contributed by atoms with van der Waals surface area (Å²) in [5.74, 6) is 1.28. The fourth-order valence-corrected chi connectivity index (χ4v) is 4.89. The Morgan fingerprint density at radius 1 is 0.656 bits per heavy atom. The summed E-state index contributed by atoms with van der Waals surface area (Å²) in [7, 11) is -4.03. The van der Waals surface area contributed by atoms with Gasteiger partial charge in [0.25, 0.3) is 0 Å². The van der Waals surface area contributed by atoms with E-state index in [4.69, 9.17) is 13.6 Å². The minimum absolute atomic E-state index is 0.416. The standard InChI is InChI=1S/C27H27O4P/c1-4-7-22-10-13-25(14-11-22)29-32(28,31-27-17-20(2)16-21(3)18-27)30-26-15-12-23-8-5-6-9-24(23)19-26/h5-6,8-19H,4,7H2,1-3H3. The highest BCUT2D eigenvalue weighted by atomic mass is 31.2. The van der Waals surface area contributed by atoms with Gasteiger partial charge in [0.05, 0.1) is 0 Å². The summed E-state index contributed by atoms with van der Waals surface area (Å²) in [6, 6.07) is 26.6. The third-order valence-electron chi connectivity index (χ3n) is 5.03. The number of hydrogen-bond donors (Lipinski definition) is 0. The molecular weight excluding hydrogens is 419 g/mol. The summed E-state index contributed by atoms with van der Waals surface area (Å²) in [5.41, 5.74) is 3.20. The molecule has 4 aromatic rings. The highest BCUT2D eigenvalue weighted by Crippen LogP contribution is 2.50. The van der Waals surface area contributed by atoms with Gasteiger partial charge in [-0.05, 0) is 84.1 Å². The van der Waals surface area contributed by atoms with E-state index in [9.17, 15) is 4.57 Å². The van der Waals surface area contributed by atoms with Gasteiger partial charge < -0.3 is 13.6 Å². The molecule has 0 aliphatic rings. The summed E-state index contributed by atoms with van der Waals surface area (Å²) < 4.78 is 31.4. The third-order valence-corrected chi connectivity index (χ3v) is 6.33. The highest BCUT2D eigenvalue weighted by Gasteiger charge is 2.33. The van der Waals surface area contributed by atoms with Gasteiger partial charge in [-0.1, -0.05) is 61.9 Å². The van der Waals surface area contributed by atoms with Crippen LogP contribution in [0.4, 0.5) is 0 Å². The molecule has 0 spiro atoms. The van der Waals surface area contributed by atoms with Crippen molar-refractivity contribution in [2.24, 2.45) is 0 Å². The number of aryl methyl sites for hydroxylation is 3. The van der Waals surface area contributed by atoms with Crippen LogP contribution in [0, 0.1) is 13.8 Å². The molecule has 0 saturated carbocycles. The summed E-state index contributed by atoms with van der Waals surface area (Å²) in [4.78, 5) is 0. The van der Waals surface area contributed by atoms with Crippen LogP contribution in [0.3, 0.4) is 0 Å². The van der Waals surface area contributed by atoms with Crippen LogP contribution in [0.5, 0.6) is 17.2 Å². The van der Waals surface area contributed by atoms with Crippen LogP contribution in [-0.4, -0.2) is 0 Å². The predicted octanol–water partition coefficient (Wildman–Crippen LogP) is 8.05. The van der Waals surface area contributed by atoms with E-state index in [1.165, 1.54) is 5.56 Å². The van der Waals surface area contributed by atoms with Gasteiger partial charge in [-0.25, -0.2) is 0 Å². The zero-order valence-corrected chi connectivity index (χ0v) is 19.5. The van der Waals surface area contributed by atoms with Crippen LogP contribution in [0.1, 0.15) is 30.0 Å². The third kappa shape index (κ3) is 5.52. The largest absolute Gasteiger partial charge is 0.647 e. The minimum atomic E-state index is -4.03. The van der Waals surface area contributed by atoms with Gasteiger partial charge in [-0.2, -0.15) is 4.57 Å². The van der Waals surface area contributed by atoms with E-state index in [1.54, 1.807) is 18.2 Å². The van der Waals surface area contributed by atoms with Gasteiger partial charge in [-0.15, -0.1) is 0 Å². The van der Waals surface area contributed by atoms with Crippen molar-refractivity contribution in [2.75, 3.05) is 0 Å². The Morgan fingerprint density at radius 2 is 1.25 bits per heavy atom. The van der Waals surface area contributed by atoms with Crippen molar-refractivity contribution in [3.63, 3.8) is 0 Å². The van der Waals surface area contributed by atoms with Crippen molar-refractivity contribution >= 4 is 18.6 Å². The van der Waals surface area contributed by atoms with Crippen LogP contribution in [0.15, 0.2) is 84.9 Å². The first-order valence-corrected chi connectivity index (χ1v) is 12.2. The molecule has 1 atom stereocenters. The number of phosphoric acid groups is 1. The normalized spacial score (nSPS) is 12.8. The second kappa shape index (κ2) is 9.50. The molecule has 0 amide bonds. The molecule has 0 radical (unpaired) electrons. The van der Waals surface area contributed by atoms with Crippen molar-refractivity contribution in [3.8, 4) is 17.2 Å². The van der Waals surface area contributed by atoms with Crippen LogP contribution in [0.2, 0.25) is 0 Å². The lowest BCUT2D eigenvalue weighted by atomic mass is 10.1. The van der Waals surface area contributed by atoms with Gasteiger partial charge >= 0.3 is 7.82 Å². The minimum Gasteiger partial charge on any atom is -0.386 e. The topological polar surface area (TPSA) is 44.8 Å². The fourth-order valence-electron chi connectivity index (χ4n) is 3.66. The summed E-state index contributed by atoms with van der Waals surface area (Å²) in [6.07, 6.45) is 2.03.